The van der Waals surface area contributed by atoms with Gasteiger partial charge in [-0.2, -0.15) is 0 Å². The number of hydrogen-bond acceptors (Lipinski definition) is 5. The van der Waals surface area contributed by atoms with Gasteiger partial charge in [-0.1, -0.05) is 0 Å². The smallest absolute Gasteiger partial charge is 0.217 e. The summed E-state index contributed by atoms with van der Waals surface area (Å²) in [6.07, 6.45) is 8.58. The highest BCUT2D eigenvalue weighted by Crippen LogP contribution is 2.37. The van der Waals surface area contributed by atoms with Crippen LogP contribution in [0.3, 0.4) is 0 Å². The van der Waals surface area contributed by atoms with Crippen molar-refractivity contribution < 1.29 is 8.42 Å². The Morgan fingerprint density at radius 3 is 2.88 bits per heavy atom. The van der Waals surface area contributed by atoms with Crippen LogP contribution in [0.25, 0.3) is 21.9 Å². The second-order valence-electron chi connectivity index (χ2n) is 6.96. The Labute approximate surface area is 145 Å². The SMILES string of the molecule is O=S(=O)(C1CC1)N1CCCC(c2ncnc3cnc4[nH]ccc4c23)C1. The molecule has 130 valence electrons. The summed E-state index contributed by atoms with van der Waals surface area (Å²) in [5.74, 6) is 0.0910. The first kappa shape index (κ1) is 15.2. The highest BCUT2D eigenvalue weighted by Gasteiger charge is 2.42. The minimum absolute atomic E-state index is 0.0910. The van der Waals surface area contributed by atoms with E-state index in [9.17, 15) is 8.42 Å². The summed E-state index contributed by atoms with van der Waals surface area (Å²) in [7, 11) is -3.14. The van der Waals surface area contributed by atoms with Crippen molar-refractivity contribution in [2.45, 2.75) is 36.9 Å². The van der Waals surface area contributed by atoms with Crippen LogP contribution in [0.1, 0.15) is 37.3 Å². The molecule has 3 aromatic heterocycles. The van der Waals surface area contributed by atoms with Gasteiger partial charge in [0.05, 0.1) is 22.7 Å². The van der Waals surface area contributed by atoms with E-state index in [1.807, 2.05) is 12.3 Å². The highest BCUT2D eigenvalue weighted by atomic mass is 32.2. The van der Waals surface area contributed by atoms with Crippen molar-refractivity contribution in [1.82, 2.24) is 24.2 Å². The molecule has 0 bridgehead atoms. The van der Waals surface area contributed by atoms with Crippen molar-refractivity contribution in [3.05, 3.63) is 30.5 Å². The molecule has 4 heterocycles. The number of piperidine rings is 1. The number of fused-ring (bicyclic) bond motifs is 3. The van der Waals surface area contributed by atoms with E-state index in [1.165, 1.54) is 0 Å². The molecule has 1 N–H and O–H groups in total. The molecule has 3 aromatic rings. The van der Waals surface area contributed by atoms with Crippen LogP contribution in [0.2, 0.25) is 0 Å². The molecule has 5 rings (SSSR count). The predicted molar refractivity (Wildman–Crippen MR) is 94.7 cm³/mol. The van der Waals surface area contributed by atoms with Gasteiger partial charge in [0.15, 0.2) is 0 Å². The minimum atomic E-state index is -3.14. The predicted octanol–water partition coefficient (Wildman–Crippen LogP) is 2.18. The summed E-state index contributed by atoms with van der Waals surface area (Å²) >= 11 is 0. The fourth-order valence-electron chi connectivity index (χ4n) is 3.87. The number of pyridine rings is 1. The van der Waals surface area contributed by atoms with Crippen LogP contribution in [0.5, 0.6) is 0 Å². The van der Waals surface area contributed by atoms with Crippen molar-refractivity contribution in [2.75, 3.05) is 13.1 Å². The largest absolute Gasteiger partial charge is 0.346 e. The molecular weight excluding hydrogens is 338 g/mol. The molecule has 0 amide bonds. The van der Waals surface area contributed by atoms with E-state index in [0.29, 0.717) is 13.1 Å². The molecule has 2 aliphatic rings. The third-order valence-corrected chi connectivity index (χ3v) is 7.66. The van der Waals surface area contributed by atoms with E-state index in [2.05, 4.69) is 19.9 Å². The summed E-state index contributed by atoms with van der Waals surface area (Å²) in [5, 5.41) is 1.83. The zero-order valence-electron chi connectivity index (χ0n) is 13.7. The standard InChI is InChI=1S/C17H19N5O2S/c23-25(24,12-3-4-12)22-7-1-2-11(9-22)16-15-13-5-6-18-17(13)19-8-14(15)20-10-21-16/h5-6,8,10-12H,1-4,7,9H2,(H,18,19). The average molecular weight is 357 g/mol. The van der Waals surface area contributed by atoms with E-state index in [0.717, 1.165) is 53.3 Å². The zero-order valence-corrected chi connectivity index (χ0v) is 14.5. The summed E-state index contributed by atoms with van der Waals surface area (Å²) < 4.78 is 27.0. The van der Waals surface area contributed by atoms with Crippen molar-refractivity contribution in [1.29, 1.82) is 0 Å². The Kier molecular flexibility index (Phi) is 3.33. The molecule has 1 saturated carbocycles. The fraction of sp³-hybridized carbons (Fsp3) is 0.471. The number of aromatic nitrogens is 4. The van der Waals surface area contributed by atoms with Gasteiger partial charge >= 0.3 is 0 Å². The normalized spacial score (nSPS) is 22.6. The second kappa shape index (κ2) is 5.47. The Balaban J connectivity index is 1.59. The molecule has 1 atom stereocenters. The van der Waals surface area contributed by atoms with Gasteiger partial charge in [-0.3, -0.25) is 0 Å². The van der Waals surface area contributed by atoms with Crippen LogP contribution in [0.4, 0.5) is 0 Å². The lowest BCUT2D eigenvalue weighted by Crippen LogP contribution is -2.41. The minimum Gasteiger partial charge on any atom is -0.346 e. The monoisotopic (exact) mass is 357 g/mol. The lowest BCUT2D eigenvalue weighted by atomic mass is 9.93. The van der Waals surface area contributed by atoms with Gasteiger partial charge in [-0.05, 0) is 31.7 Å². The first-order valence-corrected chi connectivity index (χ1v) is 10.2. The van der Waals surface area contributed by atoms with Crippen molar-refractivity contribution in [3.63, 3.8) is 0 Å². The van der Waals surface area contributed by atoms with Crippen molar-refractivity contribution >= 4 is 32.0 Å². The quantitative estimate of drug-likeness (QED) is 0.776. The Morgan fingerprint density at radius 1 is 1.16 bits per heavy atom. The molecular formula is C17H19N5O2S. The van der Waals surface area contributed by atoms with Gasteiger partial charge in [0.25, 0.3) is 0 Å². The number of nitrogens with zero attached hydrogens (tertiary/aromatic N) is 4. The maximum Gasteiger partial charge on any atom is 0.217 e. The molecule has 0 radical (unpaired) electrons. The number of hydrogen-bond donors (Lipinski definition) is 1. The molecule has 25 heavy (non-hydrogen) atoms. The molecule has 1 saturated heterocycles. The molecule has 7 nitrogen and oxygen atoms in total. The summed E-state index contributed by atoms with van der Waals surface area (Å²) in [6, 6.07) is 1.99. The van der Waals surface area contributed by atoms with Gasteiger partial charge in [-0.15, -0.1) is 0 Å². The molecule has 1 aliphatic carbocycles. The summed E-state index contributed by atoms with van der Waals surface area (Å²) in [6.45, 7) is 1.14. The average Bonchev–Trinajstić information content (AvgIpc) is 3.39. The van der Waals surface area contributed by atoms with E-state index in [4.69, 9.17) is 0 Å². The number of nitrogens with one attached hydrogen (secondary N) is 1. The van der Waals surface area contributed by atoms with Crippen LogP contribution in [0, 0.1) is 0 Å². The Morgan fingerprint density at radius 2 is 2.04 bits per heavy atom. The van der Waals surface area contributed by atoms with Crippen molar-refractivity contribution in [2.24, 2.45) is 0 Å². The topological polar surface area (TPSA) is 91.8 Å². The second-order valence-corrected chi connectivity index (χ2v) is 9.17. The maximum absolute atomic E-state index is 12.6. The first-order valence-electron chi connectivity index (χ1n) is 8.70. The third kappa shape index (κ3) is 2.43. The maximum atomic E-state index is 12.6. The molecule has 1 unspecified atom stereocenters. The van der Waals surface area contributed by atoms with Gasteiger partial charge < -0.3 is 4.98 Å². The molecule has 0 spiro atoms. The third-order valence-electron chi connectivity index (χ3n) is 5.29. The van der Waals surface area contributed by atoms with E-state index >= 15 is 0 Å². The number of aromatic amines is 1. The van der Waals surface area contributed by atoms with E-state index < -0.39 is 10.0 Å². The molecule has 1 aliphatic heterocycles. The fourth-order valence-corrected chi connectivity index (χ4v) is 5.79. The number of sulfonamides is 1. The van der Waals surface area contributed by atoms with E-state index in [-0.39, 0.29) is 11.2 Å². The zero-order chi connectivity index (χ0) is 17.0. The molecule has 0 aromatic carbocycles. The highest BCUT2D eigenvalue weighted by molar-refractivity contribution is 7.90. The van der Waals surface area contributed by atoms with Crippen LogP contribution in [-0.2, 0) is 10.0 Å². The lowest BCUT2D eigenvalue weighted by Gasteiger charge is -2.32. The number of rotatable bonds is 3. The van der Waals surface area contributed by atoms with Crippen LogP contribution in [-0.4, -0.2) is 51.0 Å². The van der Waals surface area contributed by atoms with Gasteiger partial charge in [0.1, 0.15) is 12.0 Å². The van der Waals surface area contributed by atoms with Crippen LogP contribution >= 0.6 is 0 Å². The van der Waals surface area contributed by atoms with Crippen molar-refractivity contribution in [3.8, 4) is 0 Å². The summed E-state index contributed by atoms with van der Waals surface area (Å²) in [4.78, 5) is 16.4. The molecule has 8 heteroatoms. The van der Waals surface area contributed by atoms with Crippen LogP contribution < -0.4 is 0 Å². The van der Waals surface area contributed by atoms with Gasteiger partial charge in [0, 0.05) is 36.0 Å². The van der Waals surface area contributed by atoms with E-state index in [1.54, 1.807) is 16.8 Å². The number of H-pyrrole nitrogens is 1. The molecule has 2 fully saturated rings. The summed E-state index contributed by atoms with van der Waals surface area (Å²) in [5.41, 5.74) is 2.55. The van der Waals surface area contributed by atoms with Gasteiger partial charge in [0.2, 0.25) is 10.0 Å². The Hall–Kier alpha value is -2.06. The Bertz CT molecular complexity index is 1060. The van der Waals surface area contributed by atoms with Gasteiger partial charge in [-0.25, -0.2) is 27.7 Å². The van der Waals surface area contributed by atoms with Crippen LogP contribution in [0.15, 0.2) is 24.8 Å². The first-order chi connectivity index (χ1) is 12.1. The lowest BCUT2D eigenvalue weighted by molar-refractivity contribution is 0.313.